The van der Waals surface area contributed by atoms with E-state index in [1.165, 1.54) is 0 Å². The molecular formula is C14H25NO3S2. The lowest BCUT2D eigenvalue weighted by atomic mass is 9.80. The monoisotopic (exact) mass is 319 g/mol. The Labute approximate surface area is 126 Å². The van der Waals surface area contributed by atoms with Gasteiger partial charge in [0.2, 0.25) is 10.0 Å². The molecule has 6 heteroatoms. The van der Waals surface area contributed by atoms with Crippen LogP contribution in [0.3, 0.4) is 0 Å². The van der Waals surface area contributed by atoms with Crippen LogP contribution in [0, 0.1) is 11.8 Å². The van der Waals surface area contributed by atoms with Crippen molar-refractivity contribution in [2.45, 2.75) is 56.8 Å². The Hall–Kier alpha value is -0.430. The fourth-order valence-corrected chi connectivity index (χ4v) is 4.47. The van der Waals surface area contributed by atoms with Gasteiger partial charge >= 0.3 is 0 Å². The molecule has 0 fully saturated rings. The molecule has 0 aliphatic rings. The first-order valence-electron chi connectivity index (χ1n) is 6.96. The van der Waals surface area contributed by atoms with Crippen molar-refractivity contribution in [3.63, 3.8) is 0 Å². The lowest BCUT2D eigenvalue weighted by Gasteiger charge is -2.29. The predicted molar refractivity (Wildman–Crippen MR) is 83.4 cm³/mol. The Morgan fingerprint density at radius 3 is 2.40 bits per heavy atom. The quantitative estimate of drug-likeness (QED) is 0.811. The molecular weight excluding hydrogens is 294 g/mol. The van der Waals surface area contributed by atoms with Gasteiger partial charge in [-0.05, 0) is 35.3 Å². The minimum atomic E-state index is -3.73. The van der Waals surface area contributed by atoms with E-state index in [9.17, 15) is 13.5 Å². The highest BCUT2D eigenvalue weighted by molar-refractivity contribution is 7.91. The maximum atomic E-state index is 11.7. The molecule has 3 N–H and O–H groups in total. The summed E-state index contributed by atoms with van der Waals surface area (Å²) in [5, 5.41) is 17.5. The zero-order valence-corrected chi connectivity index (χ0v) is 14.2. The Morgan fingerprint density at radius 1 is 1.35 bits per heavy atom. The van der Waals surface area contributed by atoms with Gasteiger partial charge in [-0.25, -0.2) is 13.6 Å². The number of sulfonamides is 1. The van der Waals surface area contributed by atoms with Crippen molar-refractivity contribution >= 4 is 21.4 Å². The smallest absolute Gasteiger partial charge is 0.247 e. The van der Waals surface area contributed by atoms with Crippen LogP contribution >= 0.6 is 11.3 Å². The van der Waals surface area contributed by atoms with Crippen LogP contribution in [0.1, 0.15) is 52.0 Å². The van der Waals surface area contributed by atoms with Gasteiger partial charge in [-0.1, -0.05) is 34.1 Å². The maximum Gasteiger partial charge on any atom is 0.247 e. The number of hydrogen-bond acceptors (Lipinski definition) is 4. The highest BCUT2D eigenvalue weighted by Gasteiger charge is 2.31. The summed E-state index contributed by atoms with van der Waals surface area (Å²) in [6.45, 7) is 8.18. The van der Waals surface area contributed by atoms with Crippen molar-refractivity contribution in [2.75, 3.05) is 0 Å². The zero-order valence-electron chi connectivity index (χ0n) is 12.5. The van der Waals surface area contributed by atoms with Crippen LogP contribution in [0.15, 0.2) is 15.7 Å². The van der Waals surface area contributed by atoms with E-state index in [1.807, 2.05) is 27.7 Å². The number of primary sulfonamides is 1. The predicted octanol–water partition coefficient (Wildman–Crippen LogP) is 2.93. The number of aliphatic hydroxyl groups excluding tert-OH is 1. The summed E-state index contributed by atoms with van der Waals surface area (Å²) < 4.78 is 23.5. The molecule has 116 valence electrons. The van der Waals surface area contributed by atoms with Gasteiger partial charge in [0.15, 0.2) is 0 Å². The van der Waals surface area contributed by atoms with E-state index in [2.05, 4.69) is 0 Å². The van der Waals surface area contributed by atoms with Crippen molar-refractivity contribution in [2.24, 2.45) is 17.0 Å². The van der Waals surface area contributed by atoms with Crippen molar-refractivity contribution < 1.29 is 13.5 Å². The standard InChI is InChI=1S/C14H25NO3S2/c1-5-10(4)13(12(16)8-9(2)3)11-6-7-19-14(11)20(15,17)18/h6-7,9-10,12-13,16H,5,8H2,1-4H3,(H2,15,17,18)/t10-,12?,13-/m0/s1. The van der Waals surface area contributed by atoms with Crippen LogP contribution in [0.5, 0.6) is 0 Å². The van der Waals surface area contributed by atoms with E-state index >= 15 is 0 Å². The fraction of sp³-hybridized carbons (Fsp3) is 0.714. The minimum absolute atomic E-state index is 0.186. The molecule has 0 saturated heterocycles. The van der Waals surface area contributed by atoms with Crippen molar-refractivity contribution in [1.29, 1.82) is 0 Å². The maximum absolute atomic E-state index is 11.7. The molecule has 0 bridgehead atoms. The highest BCUT2D eigenvalue weighted by Crippen LogP contribution is 2.38. The summed E-state index contributed by atoms with van der Waals surface area (Å²) in [6, 6.07) is 1.78. The summed E-state index contributed by atoms with van der Waals surface area (Å²) in [5.74, 6) is 0.356. The lowest BCUT2D eigenvalue weighted by Crippen LogP contribution is -2.27. The normalized spacial score (nSPS) is 17.1. The summed E-state index contributed by atoms with van der Waals surface area (Å²) in [5.41, 5.74) is 0.667. The number of aliphatic hydroxyl groups is 1. The Morgan fingerprint density at radius 2 is 1.95 bits per heavy atom. The topological polar surface area (TPSA) is 80.4 Å². The van der Waals surface area contributed by atoms with Crippen LogP contribution < -0.4 is 5.14 Å². The molecule has 0 aliphatic carbocycles. The van der Waals surface area contributed by atoms with Crippen molar-refractivity contribution in [3.05, 3.63) is 17.0 Å². The average Bonchev–Trinajstić information content (AvgIpc) is 2.76. The van der Waals surface area contributed by atoms with Gasteiger partial charge < -0.3 is 5.11 Å². The zero-order chi connectivity index (χ0) is 15.5. The van der Waals surface area contributed by atoms with Gasteiger partial charge in [0.05, 0.1) is 6.10 Å². The first kappa shape index (κ1) is 17.6. The Bertz CT molecular complexity index is 522. The summed E-state index contributed by atoms with van der Waals surface area (Å²) in [4.78, 5) is 0. The molecule has 1 rings (SSSR count). The van der Waals surface area contributed by atoms with Gasteiger partial charge in [-0.15, -0.1) is 11.3 Å². The fourth-order valence-electron chi connectivity index (χ4n) is 2.56. The molecule has 0 spiro atoms. The van der Waals surface area contributed by atoms with Gasteiger partial charge in [0.1, 0.15) is 4.21 Å². The summed E-state index contributed by atoms with van der Waals surface area (Å²) >= 11 is 1.12. The molecule has 1 aromatic heterocycles. The number of rotatable bonds is 7. The van der Waals surface area contributed by atoms with Gasteiger partial charge in [-0.2, -0.15) is 0 Å². The number of nitrogens with two attached hydrogens (primary N) is 1. The van der Waals surface area contributed by atoms with Crippen LogP contribution in [0.25, 0.3) is 0 Å². The second-order valence-corrected chi connectivity index (χ2v) is 8.49. The molecule has 0 saturated carbocycles. The second-order valence-electron chi connectivity index (χ2n) is 5.82. The summed E-state index contributed by atoms with van der Waals surface area (Å²) in [7, 11) is -3.73. The molecule has 0 radical (unpaired) electrons. The average molecular weight is 319 g/mol. The van der Waals surface area contributed by atoms with Crippen LogP contribution in [0.4, 0.5) is 0 Å². The highest BCUT2D eigenvalue weighted by atomic mass is 32.2. The largest absolute Gasteiger partial charge is 0.392 e. The van der Waals surface area contributed by atoms with Gasteiger partial charge in [0.25, 0.3) is 0 Å². The molecule has 0 aromatic carbocycles. The van der Waals surface area contributed by atoms with Crippen LogP contribution in [0.2, 0.25) is 0 Å². The van der Waals surface area contributed by atoms with E-state index < -0.39 is 16.1 Å². The number of hydrogen-bond donors (Lipinski definition) is 2. The third-order valence-electron chi connectivity index (χ3n) is 3.66. The Kier molecular flexibility index (Phi) is 6.19. The van der Waals surface area contributed by atoms with E-state index in [0.717, 1.165) is 17.8 Å². The number of thiophene rings is 1. The van der Waals surface area contributed by atoms with Crippen LogP contribution in [-0.4, -0.2) is 19.6 Å². The lowest BCUT2D eigenvalue weighted by molar-refractivity contribution is 0.0952. The molecule has 4 nitrogen and oxygen atoms in total. The van der Waals surface area contributed by atoms with Crippen molar-refractivity contribution in [1.82, 2.24) is 0 Å². The third kappa shape index (κ3) is 4.28. The van der Waals surface area contributed by atoms with Gasteiger partial charge in [-0.3, -0.25) is 0 Å². The molecule has 1 unspecified atom stereocenters. The van der Waals surface area contributed by atoms with E-state index in [1.54, 1.807) is 11.4 Å². The molecule has 0 aliphatic heterocycles. The van der Waals surface area contributed by atoms with E-state index in [0.29, 0.717) is 17.9 Å². The Balaban J connectivity index is 3.22. The second kappa shape index (κ2) is 7.02. The molecule has 1 heterocycles. The van der Waals surface area contributed by atoms with Crippen LogP contribution in [-0.2, 0) is 10.0 Å². The summed E-state index contributed by atoms with van der Waals surface area (Å²) in [6.07, 6.45) is 0.967. The van der Waals surface area contributed by atoms with Gasteiger partial charge in [0, 0.05) is 5.92 Å². The molecule has 20 heavy (non-hydrogen) atoms. The first-order valence-corrected chi connectivity index (χ1v) is 9.39. The third-order valence-corrected chi connectivity index (χ3v) is 6.12. The van der Waals surface area contributed by atoms with Crippen molar-refractivity contribution in [3.8, 4) is 0 Å². The molecule has 3 atom stereocenters. The SMILES string of the molecule is CC[C@H](C)[C@@H](c1ccsc1S(N)(=O)=O)C(O)CC(C)C. The molecule has 1 aromatic rings. The first-order chi connectivity index (χ1) is 9.18. The minimum Gasteiger partial charge on any atom is -0.392 e. The van der Waals surface area contributed by atoms with E-state index in [4.69, 9.17) is 5.14 Å². The van der Waals surface area contributed by atoms with E-state index in [-0.39, 0.29) is 16.0 Å². The molecule has 0 amide bonds.